The summed E-state index contributed by atoms with van der Waals surface area (Å²) < 4.78 is 18.2. The maximum absolute atomic E-state index is 13.1. The molecule has 1 saturated heterocycles. The first kappa shape index (κ1) is 14.9. The summed E-state index contributed by atoms with van der Waals surface area (Å²) in [5.74, 6) is 0.479. The molecule has 1 aromatic heterocycles. The molecule has 0 radical (unpaired) electrons. The van der Waals surface area contributed by atoms with E-state index in [0.717, 1.165) is 11.3 Å². The predicted molar refractivity (Wildman–Crippen MR) is 81.8 cm³/mol. The standard InChI is InChI=1S/C14H15FN4O2S/c1-21-10-4-2-8(3-5-10)13-18-19-14(22-13)17-12(20)11-6-9(15)7-16-11/h2-5,9,11,16H,6-7H2,1H3,(H,17,19,20)/t9-,11+/m0/s1. The van der Waals surface area contributed by atoms with Crippen LogP contribution in [0.2, 0.25) is 0 Å². The first-order valence-corrected chi connectivity index (χ1v) is 7.63. The Morgan fingerprint density at radius 3 is 2.82 bits per heavy atom. The SMILES string of the molecule is COc1ccc(-c2nnc(NC(=O)[C@H]3C[C@H](F)CN3)s2)cc1. The smallest absolute Gasteiger partial charge is 0.243 e. The van der Waals surface area contributed by atoms with E-state index in [2.05, 4.69) is 20.8 Å². The number of carbonyl (C=O) groups excluding carboxylic acids is 1. The molecule has 2 N–H and O–H groups in total. The molecule has 0 aliphatic carbocycles. The number of nitrogens with zero attached hydrogens (tertiary/aromatic N) is 2. The van der Waals surface area contributed by atoms with Crippen LogP contribution in [-0.4, -0.2) is 42.0 Å². The van der Waals surface area contributed by atoms with Crippen molar-refractivity contribution >= 4 is 22.4 Å². The van der Waals surface area contributed by atoms with E-state index < -0.39 is 12.2 Å². The lowest BCUT2D eigenvalue weighted by Gasteiger charge is -2.07. The summed E-state index contributed by atoms with van der Waals surface area (Å²) >= 11 is 1.27. The third-order valence-corrected chi connectivity index (χ3v) is 4.27. The number of amides is 1. The first-order valence-electron chi connectivity index (χ1n) is 6.82. The van der Waals surface area contributed by atoms with Crippen molar-refractivity contribution in [1.82, 2.24) is 15.5 Å². The molecule has 116 valence electrons. The zero-order chi connectivity index (χ0) is 15.5. The highest BCUT2D eigenvalue weighted by Crippen LogP contribution is 2.28. The topological polar surface area (TPSA) is 76.1 Å². The molecular weight excluding hydrogens is 307 g/mol. The maximum atomic E-state index is 13.1. The molecule has 1 aliphatic heterocycles. The third-order valence-electron chi connectivity index (χ3n) is 3.39. The third kappa shape index (κ3) is 3.23. The monoisotopic (exact) mass is 322 g/mol. The Labute approximate surface area is 130 Å². The van der Waals surface area contributed by atoms with Crippen LogP contribution in [0.15, 0.2) is 24.3 Å². The Balaban J connectivity index is 1.66. The number of halogens is 1. The van der Waals surface area contributed by atoms with Gasteiger partial charge < -0.3 is 10.1 Å². The Morgan fingerprint density at radius 1 is 1.41 bits per heavy atom. The van der Waals surface area contributed by atoms with Crippen LogP contribution in [0, 0.1) is 0 Å². The maximum Gasteiger partial charge on any atom is 0.243 e. The van der Waals surface area contributed by atoms with Gasteiger partial charge >= 0.3 is 0 Å². The van der Waals surface area contributed by atoms with Gasteiger partial charge in [-0.1, -0.05) is 11.3 Å². The fraction of sp³-hybridized carbons (Fsp3) is 0.357. The van der Waals surface area contributed by atoms with E-state index in [-0.39, 0.29) is 18.9 Å². The van der Waals surface area contributed by atoms with Gasteiger partial charge in [0.25, 0.3) is 0 Å². The Bertz CT molecular complexity index is 661. The van der Waals surface area contributed by atoms with Crippen LogP contribution >= 0.6 is 11.3 Å². The number of ether oxygens (including phenoxy) is 1. The molecule has 2 heterocycles. The summed E-state index contributed by atoms with van der Waals surface area (Å²) in [7, 11) is 1.60. The normalized spacial score (nSPS) is 20.8. The minimum absolute atomic E-state index is 0.190. The zero-order valence-electron chi connectivity index (χ0n) is 11.9. The fourth-order valence-corrected chi connectivity index (χ4v) is 2.96. The number of hydrogen-bond donors (Lipinski definition) is 2. The van der Waals surface area contributed by atoms with Crippen molar-refractivity contribution in [2.24, 2.45) is 0 Å². The van der Waals surface area contributed by atoms with Gasteiger partial charge in [0.05, 0.1) is 13.2 Å². The molecule has 0 spiro atoms. The zero-order valence-corrected chi connectivity index (χ0v) is 12.7. The highest BCUT2D eigenvalue weighted by molar-refractivity contribution is 7.18. The van der Waals surface area contributed by atoms with Gasteiger partial charge in [-0.2, -0.15) is 0 Å². The molecule has 22 heavy (non-hydrogen) atoms. The summed E-state index contributed by atoms with van der Waals surface area (Å²) in [6.45, 7) is 0.214. The van der Waals surface area contributed by atoms with Crippen LogP contribution < -0.4 is 15.4 Å². The highest BCUT2D eigenvalue weighted by atomic mass is 32.1. The lowest BCUT2D eigenvalue weighted by Crippen LogP contribution is -2.35. The molecule has 8 heteroatoms. The van der Waals surface area contributed by atoms with Gasteiger partial charge in [0.1, 0.15) is 16.9 Å². The van der Waals surface area contributed by atoms with E-state index in [0.29, 0.717) is 10.1 Å². The summed E-state index contributed by atoms with van der Waals surface area (Å²) in [5.41, 5.74) is 0.890. The van der Waals surface area contributed by atoms with Gasteiger partial charge in [-0.05, 0) is 24.3 Å². The van der Waals surface area contributed by atoms with Crippen LogP contribution in [0.25, 0.3) is 10.6 Å². The van der Waals surface area contributed by atoms with Gasteiger partial charge in [-0.25, -0.2) is 4.39 Å². The Kier molecular flexibility index (Phi) is 4.30. The van der Waals surface area contributed by atoms with Crippen LogP contribution in [0.5, 0.6) is 5.75 Å². The second kappa shape index (κ2) is 6.37. The molecule has 1 fully saturated rings. The van der Waals surface area contributed by atoms with Gasteiger partial charge in [0.2, 0.25) is 11.0 Å². The van der Waals surface area contributed by atoms with Crippen molar-refractivity contribution in [3.63, 3.8) is 0 Å². The number of anilines is 1. The molecule has 6 nitrogen and oxygen atoms in total. The molecule has 2 aromatic rings. The molecule has 2 atom stereocenters. The molecule has 1 amide bonds. The van der Waals surface area contributed by atoms with Crippen molar-refractivity contribution in [3.8, 4) is 16.3 Å². The van der Waals surface area contributed by atoms with Crippen LogP contribution in [0.1, 0.15) is 6.42 Å². The summed E-state index contributed by atoms with van der Waals surface area (Å²) in [4.78, 5) is 12.0. The molecule has 3 rings (SSSR count). The van der Waals surface area contributed by atoms with E-state index >= 15 is 0 Å². The first-order chi connectivity index (χ1) is 10.7. The van der Waals surface area contributed by atoms with Crippen LogP contribution in [0.3, 0.4) is 0 Å². The van der Waals surface area contributed by atoms with Crippen LogP contribution in [-0.2, 0) is 4.79 Å². The van der Waals surface area contributed by atoms with Gasteiger partial charge in [-0.15, -0.1) is 10.2 Å². The van der Waals surface area contributed by atoms with Crippen molar-refractivity contribution in [1.29, 1.82) is 0 Å². The van der Waals surface area contributed by atoms with Gasteiger partial charge in [-0.3, -0.25) is 10.1 Å². The minimum atomic E-state index is -0.972. The molecule has 1 aromatic carbocycles. The van der Waals surface area contributed by atoms with E-state index in [4.69, 9.17) is 4.74 Å². The number of nitrogens with one attached hydrogen (secondary N) is 2. The number of aromatic nitrogens is 2. The van der Waals surface area contributed by atoms with Gasteiger partial charge in [0, 0.05) is 18.5 Å². The number of benzene rings is 1. The fourth-order valence-electron chi connectivity index (χ4n) is 2.21. The van der Waals surface area contributed by atoms with Crippen molar-refractivity contribution < 1.29 is 13.9 Å². The molecular formula is C14H15FN4O2S. The van der Waals surface area contributed by atoms with Crippen molar-refractivity contribution in [2.75, 3.05) is 19.0 Å². The predicted octanol–water partition coefficient (Wildman–Crippen LogP) is 1.85. The summed E-state index contributed by atoms with van der Waals surface area (Å²) in [6.07, 6.45) is -0.782. The van der Waals surface area contributed by atoms with Gasteiger partial charge in [0.15, 0.2) is 0 Å². The average molecular weight is 322 g/mol. The molecule has 1 aliphatic rings. The Hall–Kier alpha value is -2.06. The number of rotatable bonds is 4. The highest BCUT2D eigenvalue weighted by Gasteiger charge is 2.29. The molecule has 0 unspecified atom stereocenters. The lowest BCUT2D eigenvalue weighted by molar-refractivity contribution is -0.117. The van der Waals surface area contributed by atoms with E-state index in [9.17, 15) is 9.18 Å². The van der Waals surface area contributed by atoms with E-state index in [1.807, 2.05) is 24.3 Å². The van der Waals surface area contributed by atoms with E-state index in [1.54, 1.807) is 7.11 Å². The second-order valence-electron chi connectivity index (χ2n) is 4.92. The summed E-state index contributed by atoms with van der Waals surface area (Å²) in [5, 5.41) is 14.6. The molecule has 0 saturated carbocycles. The molecule has 0 bridgehead atoms. The number of methoxy groups -OCH3 is 1. The number of alkyl halides is 1. The van der Waals surface area contributed by atoms with Crippen molar-refractivity contribution in [3.05, 3.63) is 24.3 Å². The summed E-state index contributed by atoms with van der Waals surface area (Å²) in [6, 6.07) is 6.90. The minimum Gasteiger partial charge on any atom is -0.497 e. The Morgan fingerprint density at radius 2 is 2.18 bits per heavy atom. The van der Waals surface area contributed by atoms with Crippen LogP contribution in [0.4, 0.5) is 9.52 Å². The van der Waals surface area contributed by atoms with Crippen molar-refractivity contribution in [2.45, 2.75) is 18.6 Å². The van der Waals surface area contributed by atoms with E-state index in [1.165, 1.54) is 11.3 Å². The average Bonchev–Trinajstić information content (AvgIpc) is 3.16. The second-order valence-corrected chi connectivity index (χ2v) is 5.90. The number of carbonyl (C=O) groups is 1. The quantitative estimate of drug-likeness (QED) is 0.898. The largest absolute Gasteiger partial charge is 0.497 e. The number of hydrogen-bond acceptors (Lipinski definition) is 6. The lowest BCUT2D eigenvalue weighted by atomic mass is 10.2.